The van der Waals surface area contributed by atoms with Crippen molar-refractivity contribution in [1.82, 2.24) is 0 Å². The molecule has 1 aliphatic rings. The molecule has 1 heterocycles. The minimum atomic E-state index is -0.162. The van der Waals surface area contributed by atoms with Crippen molar-refractivity contribution in [3.8, 4) is 0 Å². The zero-order valence-corrected chi connectivity index (χ0v) is 8.91. The van der Waals surface area contributed by atoms with Crippen molar-refractivity contribution in [2.45, 2.75) is 20.0 Å². The number of hydrogen-bond donors (Lipinski definition) is 0. The summed E-state index contributed by atoms with van der Waals surface area (Å²) < 4.78 is 15.1. The van der Waals surface area contributed by atoms with Crippen LogP contribution in [0.4, 0.5) is 0 Å². The van der Waals surface area contributed by atoms with Gasteiger partial charge in [0.2, 0.25) is 0 Å². The van der Waals surface area contributed by atoms with Crippen LogP contribution in [0.1, 0.15) is 13.8 Å². The van der Waals surface area contributed by atoms with E-state index >= 15 is 0 Å². The first kappa shape index (κ1) is 10.7. The van der Waals surface area contributed by atoms with E-state index in [1.807, 2.05) is 13.8 Å². The first-order valence-electron chi connectivity index (χ1n) is 4.33. The zero-order valence-electron chi connectivity index (χ0n) is 7.91. The molecule has 1 aliphatic heterocycles. The maximum Gasteiger partial charge on any atom is 0.343 e. The smallest absolute Gasteiger partial charge is 0.343 e. The number of rotatable bonds is 6. The second-order valence-corrected chi connectivity index (χ2v) is 3.97. The second-order valence-electron chi connectivity index (χ2n) is 3.19. The predicted octanol–water partition coefficient (Wildman–Crippen LogP) is 0.178. The van der Waals surface area contributed by atoms with E-state index in [1.165, 1.54) is 0 Å². The molecule has 0 saturated carbocycles. The standard InChI is InChI=1S/C8H14O4Si/c1-6(2)8(9)12-13-5-10-3-7-4-11-7/h6-7H,3-5H2,1-2H3. The fraction of sp³-hybridized carbons (Fsp3) is 0.875. The van der Waals surface area contributed by atoms with Crippen LogP contribution >= 0.6 is 0 Å². The van der Waals surface area contributed by atoms with Crippen LogP contribution in [0, 0.1) is 5.92 Å². The van der Waals surface area contributed by atoms with Crippen LogP contribution in [0.25, 0.3) is 0 Å². The largest absolute Gasteiger partial charge is 0.514 e. The molecule has 0 spiro atoms. The molecule has 4 nitrogen and oxygen atoms in total. The van der Waals surface area contributed by atoms with Gasteiger partial charge in [0.1, 0.15) is 6.10 Å². The van der Waals surface area contributed by atoms with Crippen molar-refractivity contribution < 1.29 is 18.7 Å². The van der Waals surface area contributed by atoms with Crippen molar-refractivity contribution in [2.75, 3.05) is 19.4 Å². The monoisotopic (exact) mass is 202 g/mol. The highest BCUT2D eigenvalue weighted by Gasteiger charge is 2.22. The van der Waals surface area contributed by atoms with E-state index in [1.54, 1.807) is 0 Å². The molecule has 5 heteroatoms. The molecule has 74 valence electrons. The van der Waals surface area contributed by atoms with Crippen LogP contribution in [0.5, 0.6) is 0 Å². The summed E-state index contributed by atoms with van der Waals surface area (Å²) in [5.41, 5.74) is 0. The normalized spacial score (nSPS) is 20.4. The molecule has 1 unspecified atom stereocenters. The van der Waals surface area contributed by atoms with Gasteiger partial charge >= 0.3 is 9.76 Å². The average Bonchev–Trinajstić information content (AvgIpc) is 2.87. The Balaban J connectivity index is 1.85. The van der Waals surface area contributed by atoms with Crippen molar-refractivity contribution >= 4 is 15.7 Å². The van der Waals surface area contributed by atoms with Gasteiger partial charge in [0, 0.05) is 5.92 Å². The Bertz CT molecular complexity index is 168. The maximum atomic E-state index is 11.0. The van der Waals surface area contributed by atoms with Crippen LogP contribution in [-0.2, 0) is 18.7 Å². The summed E-state index contributed by atoms with van der Waals surface area (Å²) in [7, 11) is 0.105. The Morgan fingerprint density at radius 3 is 2.92 bits per heavy atom. The number of epoxide rings is 1. The fourth-order valence-corrected chi connectivity index (χ4v) is 1.25. The Morgan fingerprint density at radius 1 is 1.69 bits per heavy atom. The number of carbonyl (C=O) groups is 1. The van der Waals surface area contributed by atoms with Gasteiger partial charge in [-0.05, 0) is 0 Å². The van der Waals surface area contributed by atoms with Crippen LogP contribution in [0.2, 0.25) is 0 Å². The highest BCUT2D eigenvalue weighted by atomic mass is 28.2. The topological polar surface area (TPSA) is 48.1 Å². The third kappa shape index (κ3) is 5.02. The quantitative estimate of drug-likeness (QED) is 0.350. The minimum absolute atomic E-state index is 0.0562. The molecule has 1 fully saturated rings. The Kier molecular flexibility index (Phi) is 4.41. The number of hydrogen-bond acceptors (Lipinski definition) is 4. The summed E-state index contributed by atoms with van der Waals surface area (Å²) in [6, 6.07) is 0. The van der Waals surface area contributed by atoms with E-state index in [0.29, 0.717) is 12.8 Å². The van der Waals surface area contributed by atoms with Gasteiger partial charge < -0.3 is 13.9 Å². The van der Waals surface area contributed by atoms with Gasteiger partial charge in [-0.3, -0.25) is 4.79 Å². The summed E-state index contributed by atoms with van der Waals surface area (Å²) in [6.07, 6.45) is 0.767. The lowest BCUT2D eigenvalue weighted by Crippen LogP contribution is -2.19. The van der Waals surface area contributed by atoms with Crippen LogP contribution < -0.4 is 0 Å². The molecule has 0 aromatic rings. The van der Waals surface area contributed by atoms with E-state index in [2.05, 4.69) is 0 Å². The van der Waals surface area contributed by atoms with E-state index in [9.17, 15) is 4.79 Å². The molecular weight excluding hydrogens is 188 g/mol. The highest BCUT2D eigenvalue weighted by Crippen LogP contribution is 2.07. The summed E-state index contributed by atoms with van der Waals surface area (Å²) in [5, 5.41) is 0. The Hall–Kier alpha value is -0.393. The molecule has 2 radical (unpaired) electrons. The van der Waals surface area contributed by atoms with E-state index in [4.69, 9.17) is 13.9 Å². The van der Waals surface area contributed by atoms with Crippen LogP contribution in [-0.4, -0.2) is 41.3 Å². The Morgan fingerprint density at radius 2 is 2.38 bits per heavy atom. The lowest BCUT2D eigenvalue weighted by atomic mass is 10.2. The third-order valence-corrected chi connectivity index (χ3v) is 2.18. The molecule has 13 heavy (non-hydrogen) atoms. The molecule has 0 aliphatic carbocycles. The zero-order chi connectivity index (χ0) is 9.68. The summed E-state index contributed by atoms with van der Waals surface area (Å²) in [5.74, 6) is -0.219. The molecule has 0 N–H and O–H groups in total. The van der Waals surface area contributed by atoms with Gasteiger partial charge in [-0.2, -0.15) is 0 Å². The lowest BCUT2D eigenvalue weighted by molar-refractivity contribution is -0.138. The highest BCUT2D eigenvalue weighted by molar-refractivity contribution is 6.30. The molecule has 1 atom stereocenters. The van der Waals surface area contributed by atoms with Gasteiger partial charge in [0.15, 0.2) is 0 Å². The molecule has 1 saturated heterocycles. The summed E-state index contributed by atoms with van der Waals surface area (Å²) in [4.78, 5) is 11.0. The van der Waals surface area contributed by atoms with Gasteiger partial charge in [0.05, 0.1) is 19.4 Å². The SMILES string of the molecule is CC(C)C(=O)O[Si]COCC1CO1. The predicted molar refractivity (Wildman–Crippen MR) is 47.2 cm³/mol. The lowest BCUT2D eigenvalue weighted by Gasteiger charge is -2.05. The van der Waals surface area contributed by atoms with Gasteiger partial charge in [0.25, 0.3) is 5.97 Å². The van der Waals surface area contributed by atoms with Crippen LogP contribution in [0.15, 0.2) is 0 Å². The van der Waals surface area contributed by atoms with E-state index < -0.39 is 0 Å². The van der Waals surface area contributed by atoms with Gasteiger partial charge in [-0.15, -0.1) is 0 Å². The van der Waals surface area contributed by atoms with Crippen molar-refractivity contribution in [1.29, 1.82) is 0 Å². The number of ether oxygens (including phenoxy) is 2. The van der Waals surface area contributed by atoms with E-state index in [0.717, 1.165) is 6.61 Å². The first-order chi connectivity index (χ1) is 6.20. The first-order valence-corrected chi connectivity index (χ1v) is 5.44. The second kappa shape index (κ2) is 5.36. The molecular formula is C8H14O4Si. The fourth-order valence-electron chi connectivity index (χ4n) is 0.615. The maximum absolute atomic E-state index is 11.0. The average molecular weight is 202 g/mol. The van der Waals surface area contributed by atoms with Crippen molar-refractivity contribution in [3.63, 3.8) is 0 Å². The van der Waals surface area contributed by atoms with Gasteiger partial charge in [-0.25, -0.2) is 0 Å². The van der Waals surface area contributed by atoms with Crippen molar-refractivity contribution in [2.24, 2.45) is 5.92 Å². The minimum Gasteiger partial charge on any atom is -0.514 e. The molecule has 0 bridgehead atoms. The van der Waals surface area contributed by atoms with Gasteiger partial charge in [-0.1, -0.05) is 13.8 Å². The third-order valence-electron chi connectivity index (χ3n) is 1.51. The Labute approximate surface area is 80.5 Å². The summed E-state index contributed by atoms with van der Waals surface area (Å²) in [6.45, 7) is 5.04. The molecule has 0 aromatic carbocycles. The summed E-state index contributed by atoms with van der Waals surface area (Å²) >= 11 is 0. The number of carbonyl (C=O) groups excluding carboxylic acids is 1. The van der Waals surface area contributed by atoms with Crippen molar-refractivity contribution in [3.05, 3.63) is 0 Å². The van der Waals surface area contributed by atoms with E-state index in [-0.39, 0.29) is 27.8 Å². The molecule has 0 aromatic heterocycles. The van der Waals surface area contributed by atoms with Crippen LogP contribution in [0.3, 0.4) is 0 Å². The molecule has 0 amide bonds. The molecule has 1 rings (SSSR count).